The summed E-state index contributed by atoms with van der Waals surface area (Å²) in [6, 6.07) is 3.72. The van der Waals surface area contributed by atoms with Crippen LogP contribution in [0.2, 0.25) is 0 Å². The summed E-state index contributed by atoms with van der Waals surface area (Å²) < 4.78 is 5.25. The fourth-order valence-electron chi connectivity index (χ4n) is 2.99. The van der Waals surface area contributed by atoms with Crippen molar-refractivity contribution in [1.29, 1.82) is 5.26 Å². The summed E-state index contributed by atoms with van der Waals surface area (Å²) in [5.41, 5.74) is -0.233. The van der Waals surface area contributed by atoms with Gasteiger partial charge in [0.05, 0.1) is 24.4 Å². The summed E-state index contributed by atoms with van der Waals surface area (Å²) in [4.78, 5) is 26.1. The molecular formula is C13H12N2O3. The lowest BCUT2D eigenvalue weighted by Gasteiger charge is -2.39. The zero-order chi connectivity index (χ0) is 12.8. The lowest BCUT2D eigenvalue weighted by Crippen LogP contribution is -2.54. The van der Waals surface area contributed by atoms with Crippen molar-refractivity contribution in [2.45, 2.75) is 37.8 Å². The molecule has 1 aromatic heterocycles. The minimum absolute atomic E-state index is 0.0247. The number of fused-ring (bicyclic) bond motifs is 2. The number of furan rings is 1. The number of amides is 1. The second-order valence-electron chi connectivity index (χ2n) is 4.76. The number of ketones is 1. The molecule has 5 heteroatoms. The van der Waals surface area contributed by atoms with Crippen molar-refractivity contribution in [3.8, 4) is 6.07 Å². The van der Waals surface area contributed by atoms with E-state index >= 15 is 0 Å². The topological polar surface area (TPSA) is 74.3 Å². The van der Waals surface area contributed by atoms with Gasteiger partial charge < -0.3 is 9.32 Å². The first-order chi connectivity index (χ1) is 8.69. The van der Waals surface area contributed by atoms with E-state index in [2.05, 4.69) is 6.07 Å². The van der Waals surface area contributed by atoms with Gasteiger partial charge in [0.1, 0.15) is 11.3 Å². The molecule has 2 aliphatic rings. The van der Waals surface area contributed by atoms with E-state index in [1.54, 1.807) is 11.0 Å². The monoisotopic (exact) mass is 244 g/mol. The van der Waals surface area contributed by atoms with Crippen LogP contribution in [0.1, 0.15) is 41.8 Å². The number of carbonyl (C=O) groups is 2. The molecule has 0 unspecified atom stereocenters. The Morgan fingerprint density at radius 3 is 3.11 bits per heavy atom. The van der Waals surface area contributed by atoms with Crippen LogP contribution in [-0.2, 0) is 11.3 Å². The van der Waals surface area contributed by atoms with Crippen molar-refractivity contribution < 1.29 is 14.0 Å². The molecule has 92 valence electrons. The van der Waals surface area contributed by atoms with Gasteiger partial charge in [-0.2, -0.15) is 5.26 Å². The molecule has 0 saturated carbocycles. The number of hydrogen-bond acceptors (Lipinski definition) is 4. The van der Waals surface area contributed by atoms with Crippen LogP contribution in [0.4, 0.5) is 0 Å². The standard InChI is InChI=1S/C13H12N2O3/c14-6-1-4-13-5-2-11(16)15(13)8-10-9(12(13)17)3-7-18-10/h3,7H,1-2,4-5,8H2/t13-/m1/s1. The van der Waals surface area contributed by atoms with Crippen LogP contribution in [-0.4, -0.2) is 22.1 Å². The van der Waals surface area contributed by atoms with E-state index in [1.165, 1.54) is 6.26 Å². The zero-order valence-electron chi connectivity index (χ0n) is 9.81. The Kier molecular flexibility index (Phi) is 2.27. The van der Waals surface area contributed by atoms with Gasteiger partial charge in [0.15, 0.2) is 5.78 Å². The second kappa shape index (κ2) is 3.70. The smallest absolute Gasteiger partial charge is 0.223 e. The van der Waals surface area contributed by atoms with Crippen LogP contribution in [0.5, 0.6) is 0 Å². The Labute approximate surface area is 104 Å². The lowest BCUT2D eigenvalue weighted by molar-refractivity contribution is -0.131. The summed E-state index contributed by atoms with van der Waals surface area (Å²) >= 11 is 0. The molecule has 18 heavy (non-hydrogen) atoms. The predicted molar refractivity (Wildman–Crippen MR) is 60.4 cm³/mol. The molecule has 1 fully saturated rings. The second-order valence-corrected chi connectivity index (χ2v) is 4.76. The Morgan fingerprint density at radius 1 is 1.50 bits per heavy atom. The number of hydrogen-bond donors (Lipinski definition) is 0. The van der Waals surface area contributed by atoms with Gasteiger partial charge in [0, 0.05) is 12.8 Å². The molecule has 0 bridgehead atoms. The van der Waals surface area contributed by atoms with E-state index in [0.717, 1.165) is 0 Å². The van der Waals surface area contributed by atoms with Gasteiger partial charge >= 0.3 is 0 Å². The van der Waals surface area contributed by atoms with Crippen LogP contribution in [0, 0.1) is 11.3 Å². The molecule has 1 aromatic rings. The van der Waals surface area contributed by atoms with Crippen molar-refractivity contribution >= 4 is 11.7 Å². The SMILES string of the molecule is N#CCC[C@]12CCC(=O)N1Cc1occc1C2=O. The fourth-order valence-corrected chi connectivity index (χ4v) is 2.99. The number of nitrogens with zero attached hydrogens (tertiary/aromatic N) is 2. The van der Waals surface area contributed by atoms with E-state index in [0.29, 0.717) is 37.1 Å². The molecule has 5 nitrogen and oxygen atoms in total. The summed E-state index contributed by atoms with van der Waals surface area (Å²) in [5.74, 6) is 0.463. The van der Waals surface area contributed by atoms with Crippen molar-refractivity contribution in [3.05, 3.63) is 23.7 Å². The van der Waals surface area contributed by atoms with Gasteiger partial charge in [-0.15, -0.1) is 0 Å². The summed E-state index contributed by atoms with van der Waals surface area (Å²) in [6.45, 7) is 0.346. The van der Waals surface area contributed by atoms with Gasteiger partial charge in [-0.1, -0.05) is 0 Å². The van der Waals surface area contributed by atoms with Crippen LogP contribution in [0.15, 0.2) is 16.7 Å². The molecule has 1 atom stereocenters. The third-order valence-electron chi connectivity index (χ3n) is 3.93. The highest BCUT2D eigenvalue weighted by Crippen LogP contribution is 2.42. The van der Waals surface area contributed by atoms with Crippen molar-refractivity contribution in [2.75, 3.05) is 0 Å². The molecular weight excluding hydrogens is 232 g/mol. The van der Waals surface area contributed by atoms with Gasteiger partial charge in [-0.25, -0.2) is 0 Å². The average molecular weight is 244 g/mol. The van der Waals surface area contributed by atoms with Gasteiger partial charge in [0.25, 0.3) is 0 Å². The first-order valence-electron chi connectivity index (χ1n) is 5.97. The van der Waals surface area contributed by atoms with Gasteiger partial charge in [-0.3, -0.25) is 9.59 Å². The Morgan fingerprint density at radius 2 is 2.33 bits per heavy atom. The molecule has 0 aromatic carbocycles. The largest absolute Gasteiger partial charge is 0.467 e. The van der Waals surface area contributed by atoms with Crippen molar-refractivity contribution in [1.82, 2.24) is 4.90 Å². The highest BCUT2D eigenvalue weighted by Gasteiger charge is 2.54. The maximum atomic E-state index is 12.6. The highest BCUT2D eigenvalue weighted by molar-refractivity contribution is 6.08. The van der Waals surface area contributed by atoms with Gasteiger partial charge in [-0.05, 0) is 18.9 Å². The van der Waals surface area contributed by atoms with Crippen LogP contribution < -0.4 is 0 Å². The van der Waals surface area contributed by atoms with E-state index in [4.69, 9.17) is 9.68 Å². The average Bonchev–Trinajstić information content (AvgIpc) is 2.95. The normalized spacial score (nSPS) is 25.8. The zero-order valence-corrected chi connectivity index (χ0v) is 9.81. The molecule has 2 aliphatic heterocycles. The Bertz CT molecular complexity index is 569. The molecule has 1 saturated heterocycles. The molecule has 0 radical (unpaired) electrons. The summed E-state index contributed by atoms with van der Waals surface area (Å²) in [7, 11) is 0. The van der Waals surface area contributed by atoms with Gasteiger partial charge in [0.2, 0.25) is 5.91 Å². The molecule has 3 rings (SSSR count). The van der Waals surface area contributed by atoms with Crippen molar-refractivity contribution in [3.63, 3.8) is 0 Å². The van der Waals surface area contributed by atoms with Crippen LogP contribution >= 0.6 is 0 Å². The first kappa shape index (κ1) is 11.0. The summed E-state index contributed by atoms with van der Waals surface area (Å²) in [6.07, 6.45) is 3.06. The number of carbonyl (C=O) groups excluding carboxylic acids is 2. The van der Waals surface area contributed by atoms with Crippen molar-refractivity contribution in [2.24, 2.45) is 0 Å². The lowest BCUT2D eigenvalue weighted by atomic mass is 9.80. The first-order valence-corrected chi connectivity index (χ1v) is 5.97. The molecule has 0 aliphatic carbocycles. The molecule has 0 N–H and O–H groups in total. The van der Waals surface area contributed by atoms with E-state index in [9.17, 15) is 9.59 Å². The summed E-state index contributed by atoms with van der Waals surface area (Å²) in [5, 5.41) is 8.74. The molecule has 0 spiro atoms. The number of rotatable bonds is 2. The third-order valence-corrected chi connectivity index (χ3v) is 3.93. The number of Topliss-reactive ketones (excluding diaryl/α,β-unsaturated/α-hetero) is 1. The predicted octanol–water partition coefficient (Wildman–Crippen LogP) is 1.64. The van der Waals surface area contributed by atoms with E-state index in [1.807, 2.05) is 0 Å². The maximum absolute atomic E-state index is 12.6. The Hall–Kier alpha value is -2.09. The fraction of sp³-hybridized carbons (Fsp3) is 0.462. The maximum Gasteiger partial charge on any atom is 0.223 e. The molecule has 1 amide bonds. The van der Waals surface area contributed by atoms with Crippen LogP contribution in [0.3, 0.4) is 0 Å². The minimum atomic E-state index is -0.802. The molecule has 3 heterocycles. The quantitative estimate of drug-likeness (QED) is 0.792. The van der Waals surface area contributed by atoms with E-state index < -0.39 is 5.54 Å². The van der Waals surface area contributed by atoms with Crippen LogP contribution in [0.25, 0.3) is 0 Å². The van der Waals surface area contributed by atoms with E-state index in [-0.39, 0.29) is 18.1 Å². The number of nitriles is 1. The minimum Gasteiger partial charge on any atom is -0.467 e. The highest BCUT2D eigenvalue weighted by atomic mass is 16.3. The Balaban J connectivity index is 2.07. The third kappa shape index (κ3) is 1.26.